The molecule has 0 aliphatic carbocycles. The minimum Gasteiger partial charge on any atom is -0.497 e. The molecule has 1 fully saturated rings. The van der Waals surface area contributed by atoms with Crippen LogP contribution in [-0.4, -0.2) is 33.0 Å². The summed E-state index contributed by atoms with van der Waals surface area (Å²) in [5.74, 6) is 0.727. The first-order valence-electron chi connectivity index (χ1n) is 6.66. The molecule has 1 saturated heterocycles. The van der Waals surface area contributed by atoms with Gasteiger partial charge in [0.05, 0.1) is 12.8 Å². The topological polar surface area (TPSA) is 39.7 Å². The summed E-state index contributed by atoms with van der Waals surface area (Å²) < 4.78 is 39.9. The van der Waals surface area contributed by atoms with Gasteiger partial charge in [-0.3, -0.25) is 0 Å². The number of methoxy groups -OCH3 is 1. The third-order valence-corrected chi connectivity index (χ3v) is 3.21. The zero-order valence-electron chi connectivity index (χ0n) is 11.4. The molecule has 1 aromatic carbocycles. The first-order valence-corrected chi connectivity index (χ1v) is 6.66. The van der Waals surface area contributed by atoms with Gasteiger partial charge in [-0.15, -0.1) is 0 Å². The molecular formula is C14H19F2NO3. The largest absolute Gasteiger partial charge is 0.497 e. The van der Waals surface area contributed by atoms with Crippen LogP contribution in [0, 0.1) is 0 Å². The number of hydrogen-bond acceptors (Lipinski definition) is 4. The monoisotopic (exact) mass is 287 g/mol. The van der Waals surface area contributed by atoms with E-state index in [1.807, 2.05) is 0 Å². The van der Waals surface area contributed by atoms with Crippen molar-refractivity contribution in [2.24, 2.45) is 0 Å². The van der Waals surface area contributed by atoms with Crippen molar-refractivity contribution in [3.8, 4) is 11.5 Å². The number of hydrogen-bond donors (Lipinski definition) is 1. The van der Waals surface area contributed by atoms with Gasteiger partial charge in [-0.1, -0.05) is 0 Å². The van der Waals surface area contributed by atoms with Crippen molar-refractivity contribution in [3.05, 3.63) is 18.2 Å². The zero-order valence-corrected chi connectivity index (χ0v) is 11.4. The molecular weight excluding hydrogens is 268 g/mol. The van der Waals surface area contributed by atoms with Crippen LogP contribution < -0.4 is 14.8 Å². The van der Waals surface area contributed by atoms with Gasteiger partial charge in [-0.05, 0) is 31.4 Å². The number of rotatable bonds is 5. The molecule has 1 heterocycles. The van der Waals surface area contributed by atoms with Crippen molar-refractivity contribution in [1.82, 2.24) is 0 Å². The van der Waals surface area contributed by atoms with Crippen LogP contribution in [0.3, 0.4) is 0 Å². The molecule has 0 bridgehead atoms. The highest BCUT2D eigenvalue weighted by Crippen LogP contribution is 2.32. The van der Waals surface area contributed by atoms with Gasteiger partial charge in [-0.25, -0.2) is 0 Å². The van der Waals surface area contributed by atoms with Crippen LogP contribution in [0.2, 0.25) is 0 Å². The summed E-state index contributed by atoms with van der Waals surface area (Å²) in [5.41, 5.74) is 0.525. The van der Waals surface area contributed by atoms with Gasteiger partial charge in [0, 0.05) is 25.3 Å². The molecule has 1 N–H and O–H groups in total. The lowest BCUT2D eigenvalue weighted by atomic mass is 10.1. The molecule has 1 unspecified atom stereocenters. The van der Waals surface area contributed by atoms with Crippen LogP contribution in [0.1, 0.15) is 19.3 Å². The van der Waals surface area contributed by atoms with E-state index in [1.165, 1.54) is 13.2 Å². The number of halogens is 2. The van der Waals surface area contributed by atoms with Crippen molar-refractivity contribution < 1.29 is 23.0 Å². The van der Waals surface area contributed by atoms with E-state index in [2.05, 4.69) is 10.1 Å². The molecule has 4 nitrogen and oxygen atoms in total. The summed E-state index contributed by atoms with van der Waals surface area (Å²) in [6.45, 7) is -1.43. The SMILES string of the molecule is COc1ccc(OC(F)F)c(NC2CCCOCC2)c1. The van der Waals surface area contributed by atoms with Gasteiger partial charge < -0.3 is 19.5 Å². The highest BCUT2D eigenvalue weighted by atomic mass is 19.3. The minimum atomic E-state index is -2.85. The average Bonchev–Trinajstić information content (AvgIpc) is 2.69. The molecule has 0 saturated carbocycles. The maximum absolute atomic E-state index is 12.4. The normalized spacial score (nSPS) is 19.5. The second-order valence-corrected chi connectivity index (χ2v) is 4.63. The van der Waals surface area contributed by atoms with E-state index in [0.717, 1.165) is 25.9 Å². The molecule has 1 aliphatic heterocycles. The molecule has 112 valence electrons. The summed E-state index contributed by atoms with van der Waals surface area (Å²) in [5, 5.41) is 3.25. The molecule has 0 amide bonds. The highest BCUT2D eigenvalue weighted by Gasteiger charge is 2.16. The molecule has 2 rings (SSSR count). The number of anilines is 1. The van der Waals surface area contributed by atoms with Gasteiger partial charge in [0.1, 0.15) is 11.5 Å². The minimum absolute atomic E-state index is 0.131. The fourth-order valence-electron chi connectivity index (χ4n) is 2.22. The Morgan fingerprint density at radius 1 is 1.30 bits per heavy atom. The third kappa shape index (κ3) is 4.23. The van der Waals surface area contributed by atoms with Crippen molar-refractivity contribution in [2.75, 3.05) is 25.6 Å². The van der Waals surface area contributed by atoms with Crippen molar-refractivity contribution in [3.63, 3.8) is 0 Å². The summed E-state index contributed by atoms with van der Waals surface area (Å²) in [7, 11) is 1.53. The molecule has 0 spiro atoms. The van der Waals surface area contributed by atoms with Crippen LogP contribution in [0.5, 0.6) is 11.5 Å². The van der Waals surface area contributed by atoms with E-state index in [1.54, 1.807) is 12.1 Å². The summed E-state index contributed by atoms with van der Waals surface area (Å²) >= 11 is 0. The highest BCUT2D eigenvalue weighted by molar-refractivity contribution is 5.60. The first kappa shape index (κ1) is 14.8. The van der Waals surface area contributed by atoms with Gasteiger partial charge in [0.2, 0.25) is 0 Å². The summed E-state index contributed by atoms with van der Waals surface area (Å²) in [6.07, 6.45) is 2.73. The zero-order chi connectivity index (χ0) is 14.4. The van der Waals surface area contributed by atoms with Crippen molar-refractivity contribution in [1.29, 1.82) is 0 Å². The standard InChI is InChI=1S/C14H19F2NO3/c1-18-11-4-5-13(20-14(15)16)12(9-11)17-10-3-2-7-19-8-6-10/h4-5,9-10,14,17H,2-3,6-8H2,1H3. The van der Waals surface area contributed by atoms with Crippen LogP contribution in [0.25, 0.3) is 0 Å². The lowest BCUT2D eigenvalue weighted by Gasteiger charge is -2.20. The molecule has 1 atom stereocenters. The number of alkyl halides is 2. The fourth-order valence-corrected chi connectivity index (χ4v) is 2.22. The van der Waals surface area contributed by atoms with Crippen LogP contribution >= 0.6 is 0 Å². The van der Waals surface area contributed by atoms with E-state index in [4.69, 9.17) is 9.47 Å². The Kier molecular flexibility index (Phi) is 5.40. The van der Waals surface area contributed by atoms with E-state index >= 15 is 0 Å². The van der Waals surface area contributed by atoms with Gasteiger partial charge in [0.15, 0.2) is 0 Å². The van der Waals surface area contributed by atoms with Gasteiger partial charge in [0.25, 0.3) is 0 Å². The maximum atomic E-state index is 12.4. The Bertz CT molecular complexity index is 421. The summed E-state index contributed by atoms with van der Waals surface area (Å²) in [6, 6.07) is 4.94. The molecule has 0 radical (unpaired) electrons. The van der Waals surface area contributed by atoms with Gasteiger partial charge >= 0.3 is 6.61 Å². The Hall–Kier alpha value is -1.56. The Morgan fingerprint density at radius 2 is 2.15 bits per heavy atom. The van der Waals surface area contributed by atoms with Gasteiger partial charge in [-0.2, -0.15) is 8.78 Å². The number of nitrogens with one attached hydrogen (secondary N) is 1. The fraction of sp³-hybridized carbons (Fsp3) is 0.571. The Labute approximate surface area is 117 Å². The Balaban J connectivity index is 2.13. The lowest BCUT2D eigenvalue weighted by Crippen LogP contribution is -2.20. The maximum Gasteiger partial charge on any atom is 0.387 e. The first-order chi connectivity index (χ1) is 9.69. The smallest absolute Gasteiger partial charge is 0.387 e. The molecule has 6 heteroatoms. The molecule has 20 heavy (non-hydrogen) atoms. The van der Waals surface area contributed by atoms with E-state index in [-0.39, 0.29) is 11.8 Å². The number of ether oxygens (including phenoxy) is 3. The molecule has 0 aromatic heterocycles. The predicted molar refractivity (Wildman–Crippen MR) is 71.7 cm³/mol. The molecule has 1 aliphatic rings. The third-order valence-electron chi connectivity index (χ3n) is 3.21. The second-order valence-electron chi connectivity index (χ2n) is 4.63. The van der Waals surface area contributed by atoms with E-state index in [9.17, 15) is 8.78 Å². The lowest BCUT2D eigenvalue weighted by molar-refractivity contribution is -0.0494. The predicted octanol–water partition coefficient (Wildman–Crippen LogP) is 3.28. The average molecular weight is 287 g/mol. The quantitative estimate of drug-likeness (QED) is 0.902. The number of benzene rings is 1. The van der Waals surface area contributed by atoms with E-state index < -0.39 is 6.61 Å². The van der Waals surface area contributed by atoms with Crippen molar-refractivity contribution >= 4 is 5.69 Å². The van der Waals surface area contributed by atoms with Crippen LogP contribution in [0.15, 0.2) is 18.2 Å². The molecule has 1 aromatic rings. The van der Waals surface area contributed by atoms with Crippen LogP contribution in [-0.2, 0) is 4.74 Å². The van der Waals surface area contributed by atoms with Crippen molar-refractivity contribution in [2.45, 2.75) is 31.9 Å². The van der Waals surface area contributed by atoms with Crippen LogP contribution in [0.4, 0.5) is 14.5 Å². The summed E-state index contributed by atoms with van der Waals surface area (Å²) in [4.78, 5) is 0. The Morgan fingerprint density at radius 3 is 2.90 bits per heavy atom. The van der Waals surface area contributed by atoms with E-state index in [0.29, 0.717) is 18.0 Å². The second kappa shape index (κ2) is 7.28.